The quantitative estimate of drug-likeness (QED) is 0.440. The third kappa shape index (κ3) is 4.64. The van der Waals surface area contributed by atoms with E-state index in [2.05, 4.69) is 22.1 Å². The molecule has 0 aliphatic carbocycles. The highest BCUT2D eigenvalue weighted by atomic mass is 32.2. The minimum atomic E-state index is -0.335. The molecule has 2 heterocycles. The number of hydrogen-bond acceptors (Lipinski definition) is 6. The van der Waals surface area contributed by atoms with Crippen LogP contribution < -0.4 is 10.1 Å². The van der Waals surface area contributed by atoms with E-state index in [0.717, 1.165) is 17.1 Å². The lowest BCUT2D eigenvalue weighted by Crippen LogP contribution is -2.31. The summed E-state index contributed by atoms with van der Waals surface area (Å²) in [4.78, 5) is 12.2. The van der Waals surface area contributed by atoms with Crippen molar-refractivity contribution in [2.45, 2.75) is 23.9 Å². The average Bonchev–Trinajstić information content (AvgIpc) is 3.37. The number of carbonyl (C=O) groups excluding carboxylic acids is 1. The lowest BCUT2D eigenvalue weighted by molar-refractivity contribution is -0.120. The molecule has 0 bridgehead atoms. The van der Waals surface area contributed by atoms with Crippen LogP contribution in [0, 0.1) is 0 Å². The fraction of sp³-hybridized carbons (Fsp3) is 0.250. The molecule has 0 saturated carbocycles. The van der Waals surface area contributed by atoms with Crippen LogP contribution >= 0.6 is 11.8 Å². The molecule has 0 aliphatic rings. The summed E-state index contributed by atoms with van der Waals surface area (Å²) < 4.78 is 12.8. The second-order valence-electron chi connectivity index (χ2n) is 6.00. The Morgan fingerprint density at radius 1 is 1.39 bits per heavy atom. The van der Waals surface area contributed by atoms with E-state index in [1.54, 1.807) is 19.4 Å². The molecular formula is C20H22N4O3S. The molecule has 28 heavy (non-hydrogen) atoms. The number of ether oxygens (including phenoxy) is 1. The van der Waals surface area contributed by atoms with E-state index < -0.39 is 0 Å². The Morgan fingerprint density at radius 2 is 2.25 bits per heavy atom. The van der Waals surface area contributed by atoms with Gasteiger partial charge in [-0.2, -0.15) is 0 Å². The molecule has 0 aliphatic heterocycles. The number of nitrogens with zero attached hydrogens (tertiary/aromatic N) is 3. The van der Waals surface area contributed by atoms with Crippen molar-refractivity contribution >= 4 is 17.7 Å². The first-order valence-electron chi connectivity index (χ1n) is 8.77. The second kappa shape index (κ2) is 9.27. The number of aromatic nitrogens is 3. The highest BCUT2D eigenvalue weighted by Crippen LogP contribution is 2.29. The largest absolute Gasteiger partial charge is 0.497 e. The number of benzene rings is 1. The van der Waals surface area contributed by atoms with Gasteiger partial charge < -0.3 is 14.5 Å². The number of nitrogens with one attached hydrogen (secondary N) is 1. The molecule has 2 aromatic heterocycles. The van der Waals surface area contributed by atoms with E-state index in [0.29, 0.717) is 24.1 Å². The minimum absolute atomic E-state index is 0.0830. The summed E-state index contributed by atoms with van der Waals surface area (Å²) in [6.45, 7) is 6.33. The van der Waals surface area contributed by atoms with Crippen LogP contribution in [0.2, 0.25) is 0 Å². The zero-order chi connectivity index (χ0) is 19.9. The normalized spacial score (nSPS) is 11.8. The number of furan rings is 1. The first kappa shape index (κ1) is 19.8. The van der Waals surface area contributed by atoms with Crippen LogP contribution in [0.1, 0.15) is 12.7 Å². The summed E-state index contributed by atoms with van der Waals surface area (Å²) in [5.41, 5.74) is 0.869. The SMILES string of the molecule is C=CCNC(=O)C(C)Sc1nnc(-c2cccc(OC)c2)n1Cc1ccco1. The summed E-state index contributed by atoms with van der Waals surface area (Å²) in [5.74, 6) is 2.10. The molecule has 1 aromatic carbocycles. The van der Waals surface area contributed by atoms with Gasteiger partial charge in [0.1, 0.15) is 11.5 Å². The van der Waals surface area contributed by atoms with Crippen molar-refractivity contribution in [1.29, 1.82) is 0 Å². The van der Waals surface area contributed by atoms with Gasteiger partial charge in [-0.25, -0.2) is 0 Å². The molecule has 146 valence electrons. The fourth-order valence-corrected chi connectivity index (χ4v) is 3.45. The van der Waals surface area contributed by atoms with Gasteiger partial charge in [-0.1, -0.05) is 30.0 Å². The number of hydrogen-bond donors (Lipinski definition) is 1. The fourth-order valence-electron chi connectivity index (χ4n) is 2.58. The number of thioether (sulfide) groups is 1. The standard InChI is InChI=1S/C20H22N4O3S/c1-4-10-21-19(25)14(2)28-20-23-22-18(15-7-5-8-16(12-15)26-3)24(20)13-17-9-6-11-27-17/h4-9,11-12,14H,1,10,13H2,2-3H3,(H,21,25). The van der Waals surface area contributed by atoms with Crippen LogP contribution in [-0.2, 0) is 11.3 Å². The topological polar surface area (TPSA) is 82.2 Å². The smallest absolute Gasteiger partial charge is 0.233 e. The Morgan fingerprint density at radius 3 is 2.96 bits per heavy atom. The minimum Gasteiger partial charge on any atom is -0.497 e. The van der Waals surface area contributed by atoms with E-state index >= 15 is 0 Å². The van der Waals surface area contributed by atoms with Gasteiger partial charge in [0.25, 0.3) is 0 Å². The zero-order valence-corrected chi connectivity index (χ0v) is 16.6. The van der Waals surface area contributed by atoms with Crippen LogP contribution in [-0.4, -0.2) is 39.6 Å². The number of carbonyl (C=O) groups is 1. The monoisotopic (exact) mass is 398 g/mol. The zero-order valence-electron chi connectivity index (χ0n) is 15.8. The van der Waals surface area contributed by atoms with Crippen molar-refractivity contribution in [1.82, 2.24) is 20.1 Å². The van der Waals surface area contributed by atoms with Gasteiger partial charge in [-0.05, 0) is 31.2 Å². The highest BCUT2D eigenvalue weighted by molar-refractivity contribution is 8.00. The van der Waals surface area contributed by atoms with Gasteiger partial charge in [0, 0.05) is 12.1 Å². The first-order valence-corrected chi connectivity index (χ1v) is 9.65. The van der Waals surface area contributed by atoms with Crippen molar-refractivity contribution in [3.8, 4) is 17.1 Å². The molecule has 0 radical (unpaired) electrons. The van der Waals surface area contributed by atoms with E-state index in [1.807, 2.05) is 47.9 Å². The summed E-state index contributed by atoms with van der Waals surface area (Å²) in [6.07, 6.45) is 3.28. The Bertz CT molecular complexity index is 937. The predicted octanol–water partition coefficient (Wildman–Crippen LogP) is 3.38. The molecule has 0 spiro atoms. The summed E-state index contributed by atoms with van der Waals surface area (Å²) in [7, 11) is 1.62. The molecule has 8 heteroatoms. The maximum absolute atomic E-state index is 12.2. The molecule has 1 unspecified atom stereocenters. The Hall–Kier alpha value is -3.00. The lowest BCUT2D eigenvalue weighted by atomic mass is 10.2. The molecule has 1 atom stereocenters. The summed E-state index contributed by atoms with van der Waals surface area (Å²) in [5, 5.41) is 11.8. The highest BCUT2D eigenvalue weighted by Gasteiger charge is 2.21. The Balaban J connectivity index is 1.92. The van der Waals surface area contributed by atoms with Gasteiger partial charge in [-0.15, -0.1) is 16.8 Å². The predicted molar refractivity (Wildman–Crippen MR) is 108 cm³/mol. The molecule has 7 nitrogen and oxygen atoms in total. The molecule has 1 N–H and O–H groups in total. The first-order chi connectivity index (χ1) is 13.6. The van der Waals surface area contributed by atoms with E-state index in [-0.39, 0.29) is 11.2 Å². The summed E-state index contributed by atoms with van der Waals surface area (Å²) in [6, 6.07) is 11.3. The van der Waals surface area contributed by atoms with Gasteiger partial charge in [0.05, 0.1) is 25.2 Å². The van der Waals surface area contributed by atoms with Gasteiger partial charge >= 0.3 is 0 Å². The molecule has 3 rings (SSSR count). The van der Waals surface area contributed by atoms with Crippen molar-refractivity contribution in [2.75, 3.05) is 13.7 Å². The number of rotatable bonds is 9. The van der Waals surface area contributed by atoms with Crippen LogP contribution in [0.3, 0.4) is 0 Å². The average molecular weight is 398 g/mol. The molecule has 0 saturated heterocycles. The van der Waals surface area contributed by atoms with Crippen LogP contribution in [0.5, 0.6) is 5.75 Å². The van der Waals surface area contributed by atoms with Gasteiger partial charge in [0.15, 0.2) is 11.0 Å². The third-order valence-corrected chi connectivity index (χ3v) is 5.09. The van der Waals surface area contributed by atoms with Crippen molar-refractivity contribution < 1.29 is 13.9 Å². The maximum Gasteiger partial charge on any atom is 0.233 e. The number of amides is 1. The van der Waals surface area contributed by atoms with Gasteiger partial charge in [-0.3, -0.25) is 9.36 Å². The van der Waals surface area contributed by atoms with E-state index in [4.69, 9.17) is 9.15 Å². The van der Waals surface area contributed by atoms with E-state index in [1.165, 1.54) is 11.8 Å². The molecule has 3 aromatic rings. The number of methoxy groups -OCH3 is 1. The van der Waals surface area contributed by atoms with Crippen molar-refractivity contribution in [3.63, 3.8) is 0 Å². The third-order valence-electron chi connectivity index (χ3n) is 4.01. The summed E-state index contributed by atoms with van der Waals surface area (Å²) >= 11 is 1.35. The van der Waals surface area contributed by atoms with Crippen LogP contribution in [0.15, 0.2) is 64.9 Å². The Labute approximate surface area is 167 Å². The van der Waals surface area contributed by atoms with Crippen LogP contribution in [0.4, 0.5) is 0 Å². The molecule has 0 fully saturated rings. The lowest BCUT2D eigenvalue weighted by Gasteiger charge is -2.13. The second-order valence-corrected chi connectivity index (χ2v) is 7.31. The van der Waals surface area contributed by atoms with Crippen molar-refractivity contribution in [3.05, 3.63) is 61.1 Å². The molecule has 1 amide bonds. The van der Waals surface area contributed by atoms with Crippen molar-refractivity contribution in [2.24, 2.45) is 0 Å². The molecular weight excluding hydrogens is 376 g/mol. The maximum atomic E-state index is 12.2. The Kier molecular flexibility index (Phi) is 6.54. The van der Waals surface area contributed by atoms with E-state index in [9.17, 15) is 4.79 Å². The van der Waals surface area contributed by atoms with Crippen LogP contribution in [0.25, 0.3) is 11.4 Å². The van der Waals surface area contributed by atoms with Gasteiger partial charge in [0.2, 0.25) is 5.91 Å².